The Labute approximate surface area is 168 Å². The zero-order chi connectivity index (χ0) is 20.0. The molecule has 0 N–H and O–H groups in total. The van der Waals surface area contributed by atoms with Gasteiger partial charge >= 0.3 is 0 Å². The van der Waals surface area contributed by atoms with Gasteiger partial charge in [-0.3, -0.25) is 4.79 Å². The van der Waals surface area contributed by atoms with Crippen molar-refractivity contribution in [3.05, 3.63) is 76.3 Å². The third kappa shape index (κ3) is 2.72. The average molecular weight is 383 g/mol. The Kier molecular flexibility index (Phi) is 4.13. The van der Waals surface area contributed by atoms with Crippen LogP contribution in [-0.4, -0.2) is 17.7 Å². The minimum absolute atomic E-state index is 0.233. The molecule has 0 atom stereocenters. The van der Waals surface area contributed by atoms with Gasteiger partial charge in [0.2, 0.25) is 0 Å². The van der Waals surface area contributed by atoms with Crippen molar-refractivity contribution in [2.75, 3.05) is 18.0 Å². The monoisotopic (exact) mass is 383 g/mol. The van der Waals surface area contributed by atoms with Gasteiger partial charge in [-0.1, -0.05) is 36.4 Å². The number of hydrogen-bond acceptors (Lipinski definition) is 4. The highest BCUT2D eigenvalue weighted by Crippen LogP contribution is 2.37. The van der Waals surface area contributed by atoms with Crippen LogP contribution in [0.15, 0.2) is 64.0 Å². The van der Waals surface area contributed by atoms with Gasteiger partial charge in [0.05, 0.1) is 17.5 Å². The summed E-state index contributed by atoms with van der Waals surface area (Å²) in [5.41, 5.74) is 3.86. The fourth-order valence-electron chi connectivity index (χ4n) is 4.66. The maximum Gasteiger partial charge on any atom is 0.270 e. The number of pyridine rings is 1. The molecule has 29 heavy (non-hydrogen) atoms. The van der Waals surface area contributed by atoms with Gasteiger partial charge in [-0.15, -0.1) is 0 Å². The standard InChI is InChI=1S/C24H21N3O2/c1-26-21-8-3-2-6-19(21)22(20(15-25)24(26)28)27-12-9-16(10-13-27)18-7-4-5-17-11-14-29-23(17)18/h2-8,11,14,16H,9-10,12-13H2,1H3. The Morgan fingerprint density at radius 2 is 1.86 bits per heavy atom. The van der Waals surface area contributed by atoms with Gasteiger partial charge in [0.25, 0.3) is 5.56 Å². The molecule has 0 unspecified atom stereocenters. The summed E-state index contributed by atoms with van der Waals surface area (Å²) in [5.74, 6) is 0.407. The fraction of sp³-hybridized carbons (Fsp3) is 0.250. The van der Waals surface area contributed by atoms with Gasteiger partial charge in [-0.25, -0.2) is 0 Å². The number of benzene rings is 2. The van der Waals surface area contributed by atoms with E-state index in [1.54, 1.807) is 17.9 Å². The number of anilines is 1. The minimum Gasteiger partial charge on any atom is -0.464 e. The average Bonchev–Trinajstić information content (AvgIpc) is 3.25. The first-order chi connectivity index (χ1) is 14.2. The molecule has 1 aliphatic heterocycles. The lowest BCUT2D eigenvalue weighted by Gasteiger charge is -2.35. The maximum atomic E-state index is 12.8. The highest BCUT2D eigenvalue weighted by atomic mass is 16.3. The second-order valence-electron chi connectivity index (χ2n) is 7.66. The van der Waals surface area contributed by atoms with Crippen molar-refractivity contribution in [3.63, 3.8) is 0 Å². The van der Waals surface area contributed by atoms with E-state index in [0.29, 0.717) is 5.92 Å². The van der Waals surface area contributed by atoms with Crippen LogP contribution in [0.5, 0.6) is 0 Å². The predicted octanol–water partition coefficient (Wildman–Crippen LogP) is 4.54. The molecule has 144 valence electrons. The second-order valence-corrected chi connectivity index (χ2v) is 7.66. The van der Waals surface area contributed by atoms with E-state index < -0.39 is 0 Å². The molecule has 0 saturated carbocycles. The van der Waals surface area contributed by atoms with Crippen LogP contribution < -0.4 is 10.5 Å². The van der Waals surface area contributed by atoms with E-state index >= 15 is 0 Å². The highest BCUT2D eigenvalue weighted by molar-refractivity contribution is 5.95. The summed E-state index contributed by atoms with van der Waals surface area (Å²) in [6.45, 7) is 1.60. The van der Waals surface area contributed by atoms with Crippen molar-refractivity contribution >= 4 is 27.6 Å². The van der Waals surface area contributed by atoms with Crippen molar-refractivity contribution in [2.24, 2.45) is 7.05 Å². The Bertz CT molecular complexity index is 1320. The molecule has 0 radical (unpaired) electrons. The first-order valence-electron chi connectivity index (χ1n) is 9.92. The van der Waals surface area contributed by atoms with Crippen LogP contribution in [0.2, 0.25) is 0 Å². The molecule has 0 bridgehead atoms. The lowest BCUT2D eigenvalue weighted by atomic mass is 9.88. The number of furan rings is 1. The molecular weight excluding hydrogens is 362 g/mol. The molecular formula is C24H21N3O2. The third-order valence-electron chi connectivity index (χ3n) is 6.15. The maximum absolute atomic E-state index is 12.8. The number of para-hydroxylation sites is 2. The SMILES string of the molecule is Cn1c(=O)c(C#N)c(N2CCC(c3cccc4ccoc34)CC2)c2ccccc21. The van der Waals surface area contributed by atoms with E-state index in [1.165, 1.54) is 5.56 Å². The normalized spacial score (nSPS) is 15.1. The molecule has 0 aliphatic carbocycles. The van der Waals surface area contributed by atoms with E-state index in [0.717, 1.165) is 53.5 Å². The van der Waals surface area contributed by atoms with Crippen LogP contribution >= 0.6 is 0 Å². The number of piperidine rings is 1. The van der Waals surface area contributed by atoms with Crippen LogP contribution in [0.4, 0.5) is 5.69 Å². The molecule has 1 saturated heterocycles. The summed E-state index contributed by atoms with van der Waals surface area (Å²) in [6, 6.07) is 18.3. The van der Waals surface area contributed by atoms with Crippen LogP contribution in [-0.2, 0) is 7.05 Å². The molecule has 2 aromatic heterocycles. The predicted molar refractivity (Wildman–Crippen MR) is 114 cm³/mol. The van der Waals surface area contributed by atoms with E-state index in [-0.39, 0.29) is 11.1 Å². The summed E-state index contributed by atoms with van der Waals surface area (Å²) in [4.78, 5) is 15.0. The first kappa shape index (κ1) is 17.6. The van der Waals surface area contributed by atoms with E-state index in [4.69, 9.17) is 4.42 Å². The molecule has 4 aromatic rings. The molecule has 5 nitrogen and oxygen atoms in total. The van der Waals surface area contributed by atoms with Crippen LogP contribution in [0.3, 0.4) is 0 Å². The number of hydrogen-bond donors (Lipinski definition) is 0. The van der Waals surface area contributed by atoms with Crippen LogP contribution in [0.25, 0.3) is 21.9 Å². The minimum atomic E-state index is -0.233. The van der Waals surface area contributed by atoms with Crippen molar-refractivity contribution in [1.29, 1.82) is 5.26 Å². The lowest BCUT2D eigenvalue weighted by molar-refractivity contribution is 0.500. The largest absolute Gasteiger partial charge is 0.464 e. The number of nitriles is 1. The lowest BCUT2D eigenvalue weighted by Crippen LogP contribution is -2.35. The quantitative estimate of drug-likeness (QED) is 0.510. The van der Waals surface area contributed by atoms with Gasteiger partial charge in [0.1, 0.15) is 17.2 Å². The van der Waals surface area contributed by atoms with Gasteiger partial charge in [0, 0.05) is 30.9 Å². The molecule has 5 heteroatoms. The first-order valence-corrected chi connectivity index (χ1v) is 9.92. The molecule has 2 aromatic carbocycles. The number of aromatic nitrogens is 1. The van der Waals surface area contributed by atoms with Crippen molar-refractivity contribution in [3.8, 4) is 6.07 Å². The number of aryl methyl sites for hydroxylation is 1. The molecule has 0 spiro atoms. The Morgan fingerprint density at radius 3 is 2.66 bits per heavy atom. The fourth-order valence-corrected chi connectivity index (χ4v) is 4.66. The summed E-state index contributed by atoms with van der Waals surface area (Å²) >= 11 is 0. The summed E-state index contributed by atoms with van der Waals surface area (Å²) in [6.07, 6.45) is 3.65. The molecule has 0 amide bonds. The van der Waals surface area contributed by atoms with Crippen molar-refractivity contribution in [2.45, 2.75) is 18.8 Å². The van der Waals surface area contributed by atoms with E-state index in [1.807, 2.05) is 30.3 Å². The smallest absolute Gasteiger partial charge is 0.270 e. The molecule has 5 rings (SSSR count). The van der Waals surface area contributed by atoms with Crippen LogP contribution in [0.1, 0.15) is 29.9 Å². The topological polar surface area (TPSA) is 62.2 Å². The Balaban J connectivity index is 1.53. The third-order valence-corrected chi connectivity index (χ3v) is 6.15. The molecule has 3 heterocycles. The summed E-state index contributed by atoms with van der Waals surface area (Å²) in [5, 5.41) is 11.8. The number of nitrogens with zero attached hydrogens (tertiary/aromatic N) is 3. The molecule has 1 aliphatic rings. The zero-order valence-corrected chi connectivity index (χ0v) is 16.3. The van der Waals surface area contributed by atoms with Crippen LogP contribution in [0, 0.1) is 11.3 Å². The van der Waals surface area contributed by atoms with Gasteiger partial charge < -0.3 is 13.9 Å². The highest BCUT2D eigenvalue weighted by Gasteiger charge is 2.27. The van der Waals surface area contributed by atoms with E-state index in [2.05, 4.69) is 29.2 Å². The summed E-state index contributed by atoms with van der Waals surface area (Å²) in [7, 11) is 1.73. The number of fused-ring (bicyclic) bond motifs is 2. The summed E-state index contributed by atoms with van der Waals surface area (Å²) < 4.78 is 7.31. The second kappa shape index (κ2) is 6.82. The number of rotatable bonds is 2. The Hall–Kier alpha value is -3.52. The van der Waals surface area contributed by atoms with Gasteiger partial charge in [0.15, 0.2) is 0 Å². The Morgan fingerprint density at radius 1 is 1.07 bits per heavy atom. The van der Waals surface area contributed by atoms with Crippen molar-refractivity contribution < 1.29 is 4.42 Å². The van der Waals surface area contributed by atoms with Gasteiger partial charge in [-0.05, 0) is 36.5 Å². The van der Waals surface area contributed by atoms with Gasteiger partial charge in [-0.2, -0.15) is 5.26 Å². The molecule has 1 fully saturated rings. The zero-order valence-electron chi connectivity index (χ0n) is 16.3. The van der Waals surface area contributed by atoms with E-state index in [9.17, 15) is 10.1 Å². The van der Waals surface area contributed by atoms with Crippen molar-refractivity contribution in [1.82, 2.24) is 4.57 Å².